The number of allylic oxidation sites excluding steroid dienone is 1. The summed E-state index contributed by atoms with van der Waals surface area (Å²) >= 11 is 0. The fourth-order valence-electron chi connectivity index (χ4n) is 1.53. The van der Waals surface area contributed by atoms with Gasteiger partial charge in [-0.25, -0.2) is 0 Å². The Labute approximate surface area is 93.7 Å². The summed E-state index contributed by atoms with van der Waals surface area (Å²) in [6, 6.07) is 8.93. The van der Waals surface area contributed by atoms with Crippen LogP contribution in [0, 0.1) is 10.1 Å². The number of hydrogen-bond acceptors (Lipinski definition) is 3. The maximum atomic E-state index is 11.1. The van der Waals surface area contributed by atoms with Crippen molar-refractivity contribution in [2.24, 2.45) is 0 Å². The first-order chi connectivity index (χ1) is 7.52. The van der Waals surface area contributed by atoms with Gasteiger partial charge in [-0.1, -0.05) is 30.3 Å². The topological polar surface area (TPSA) is 60.2 Å². The smallest absolute Gasteiger partial charge is 0.246 e. The zero-order valence-corrected chi connectivity index (χ0v) is 9.05. The Kier molecular flexibility index (Phi) is 3.94. The minimum Gasteiger partial charge on any atom is -0.300 e. The average Bonchev–Trinajstić information content (AvgIpc) is 2.26. The van der Waals surface area contributed by atoms with Crippen molar-refractivity contribution in [2.75, 3.05) is 0 Å². The van der Waals surface area contributed by atoms with Crippen molar-refractivity contribution in [2.45, 2.75) is 19.3 Å². The lowest BCUT2D eigenvalue weighted by molar-refractivity contribution is -0.429. The summed E-state index contributed by atoms with van der Waals surface area (Å²) in [6.45, 7) is 4.85. The van der Waals surface area contributed by atoms with Gasteiger partial charge in [0.15, 0.2) is 0 Å². The van der Waals surface area contributed by atoms with Crippen LogP contribution < -0.4 is 0 Å². The van der Waals surface area contributed by atoms with Crippen LogP contribution in [0.5, 0.6) is 0 Å². The average molecular weight is 219 g/mol. The predicted molar refractivity (Wildman–Crippen MR) is 60.6 cm³/mol. The van der Waals surface area contributed by atoms with Crippen molar-refractivity contribution in [3.8, 4) is 0 Å². The van der Waals surface area contributed by atoms with Crippen LogP contribution in [0.1, 0.15) is 24.8 Å². The minimum atomic E-state index is -0.534. The van der Waals surface area contributed by atoms with E-state index < -0.39 is 10.8 Å². The lowest BCUT2D eigenvalue weighted by Crippen LogP contribution is -2.12. The van der Waals surface area contributed by atoms with Crippen LogP contribution in [-0.2, 0) is 4.79 Å². The van der Waals surface area contributed by atoms with E-state index in [2.05, 4.69) is 6.58 Å². The molecule has 0 aliphatic rings. The monoisotopic (exact) mass is 219 g/mol. The van der Waals surface area contributed by atoms with Crippen molar-refractivity contribution in [3.05, 3.63) is 58.3 Å². The van der Waals surface area contributed by atoms with Crippen LogP contribution in [0.2, 0.25) is 0 Å². The van der Waals surface area contributed by atoms with Crippen molar-refractivity contribution in [1.82, 2.24) is 0 Å². The molecule has 84 valence electrons. The molecule has 0 aliphatic heterocycles. The van der Waals surface area contributed by atoms with E-state index in [0.717, 1.165) is 5.56 Å². The maximum absolute atomic E-state index is 11.1. The number of benzene rings is 1. The molecule has 0 spiro atoms. The zero-order valence-electron chi connectivity index (χ0n) is 9.05. The molecule has 0 aliphatic carbocycles. The molecule has 0 N–H and O–H groups in total. The number of rotatable bonds is 5. The normalized spacial score (nSPS) is 11.8. The third-order valence-electron chi connectivity index (χ3n) is 2.33. The van der Waals surface area contributed by atoms with Gasteiger partial charge < -0.3 is 0 Å². The zero-order chi connectivity index (χ0) is 12.1. The Morgan fingerprint density at radius 2 is 2.00 bits per heavy atom. The number of ketones is 1. The molecule has 0 radical (unpaired) electrons. The summed E-state index contributed by atoms with van der Waals surface area (Å²) in [4.78, 5) is 21.3. The van der Waals surface area contributed by atoms with Crippen LogP contribution in [0.3, 0.4) is 0 Å². The largest absolute Gasteiger partial charge is 0.300 e. The number of hydrogen-bond donors (Lipinski definition) is 0. The standard InChI is InChI=1S/C12H13NO3/c1-9(14)8-12(10(2)13(15)16)11-6-4-3-5-7-11/h3-7,12H,2,8H2,1H3. The molecule has 4 nitrogen and oxygen atoms in total. The van der Waals surface area contributed by atoms with Gasteiger partial charge in [-0.3, -0.25) is 14.9 Å². The number of Topliss-reactive ketones (excluding diaryl/α,β-unsaturated/α-hetero) is 1. The molecular weight excluding hydrogens is 206 g/mol. The molecule has 0 saturated heterocycles. The second-order valence-electron chi connectivity index (χ2n) is 3.62. The van der Waals surface area contributed by atoms with Crippen molar-refractivity contribution < 1.29 is 9.72 Å². The summed E-state index contributed by atoms with van der Waals surface area (Å²) < 4.78 is 0. The molecule has 1 rings (SSSR count). The predicted octanol–water partition coefficient (Wildman–Crippen LogP) is 2.54. The van der Waals surface area contributed by atoms with Gasteiger partial charge in [0.2, 0.25) is 5.70 Å². The third kappa shape index (κ3) is 3.02. The molecule has 1 unspecified atom stereocenters. The molecule has 0 saturated carbocycles. The van der Waals surface area contributed by atoms with Crippen LogP contribution in [-0.4, -0.2) is 10.7 Å². The van der Waals surface area contributed by atoms with Gasteiger partial charge in [0.05, 0.1) is 10.8 Å². The number of carbonyl (C=O) groups is 1. The lowest BCUT2D eigenvalue weighted by Gasteiger charge is -2.12. The van der Waals surface area contributed by atoms with Gasteiger partial charge in [0, 0.05) is 6.42 Å². The summed E-state index contributed by atoms with van der Waals surface area (Å²) in [5.74, 6) is -0.620. The highest BCUT2D eigenvalue weighted by molar-refractivity contribution is 5.76. The number of nitrogens with zero attached hydrogens (tertiary/aromatic N) is 1. The number of carbonyl (C=O) groups excluding carboxylic acids is 1. The second kappa shape index (κ2) is 5.21. The highest BCUT2D eigenvalue weighted by Crippen LogP contribution is 2.27. The highest BCUT2D eigenvalue weighted by Gasteiger charge is 2.25. The first-order valence-corrected chi connectivity index (χ1v) is 4.90. The van der Waals surface area contributed by atoms with E-state index in [1.807, 2.05) is 6.07 Å². The Balaban J connectivity index is 3.01. The molecule has 16 heavy (non-hydrogen) atoms. The Bertz CT molecular complexity index is 412. The Morgan fingerprint density at radius 3 is 2.44 bits per heavy atom. The second-order valence-corrected chi connectivity index (χ2v) is 3.62. The van der Waals surface area contributed by atoms with Gasteiger partial charge in [-0.2, -0.15) is 0 Å². The van der Waals surface area contributed by atoms with Gasteiger partial charge in [0.1, 0.15) is 5.78 Å². The molecule has 1 atom stereocenters. The number of nitro groups is 1. The SMILES string of the molecule is C=C(C(CC(C)=O)c1ccccc1)[N+](=O)[O-]. The van der Waals surface area contributed by atoms with Crippen LogP contribution in [0.25, 0.3) is 0 Å². The van der Waals surface area contributed by atoms with E-state index >= 15 is 0 Å². The highest BCUT2D eigenvalue weighted by atomic mass is 16.6. The van der Waals surface area contributed by atoms with Crippen molar-refractivity contribution in [3.63, 3.8) is 0 Å². The molecule has 0 bridgehead atoms. The van der Waals surface area contributed by atoms with Gasteiger partial charge in [-0.15, -0.1) is 0 Å². The molecule has 1 aromatic rings. The quantitative estimate of drug-likeness (QED) is 0.564. The van der Waals surface area contributed by atoms with E-state index in [0.29, 0.717) is 0 Å². The van der Waals surface area contributed by atoms with Gasteiger partial charge >= 0.3 is 0 Å². The molecule has 1 aromatic carbocycles. The van der Waals surface area contributed by atoms with Crippen LogP contribution >= 0.6 is 0 Å². The lowest BCUT2D eigenvalue weighted by atomic mass is 9.92. The Hall–Kier alpha value is -1.97. The summed E-state index contributed by atoms with van der Waals surface area (Å²) in [7, 11) is 0. The van der Waals surface area contributed by atoms with Crippen LogP contribution in [0.15, 0.2) is 42.6 Å². The van der Waals surface area contributed by atoms with Gasteiger partial charge in [-0.05, 0) is 19.1 Å². The van der Waals surface area contributed by atoms with Gasteiger partial charge in [0.25, 0.3) is 0 Å². The van der Waals surface area contributed by atoms with E-state index in [1.165, 1.54) is 6.92 Å². The van der Waals surface area contributed by atoms with E-state index in [9.17, 15) is 14.9 Å². The van der Waals surface area contributed by atoms with Crippen molar-refractivity contribution >= 4 is 5.78 Å². The van der Waals surface area contributed by atoms with E-state index in [1.54, 1.807) is 24.3 Å². The molecule has 0 aromatic heterocycles. The minimum absolute atomic E-state index is 0.0862. The fraction of sp³-hybridized carbons (Fsp3) is 0.250. The molecule has 0 fully saturated rings. The summed E-state index contributed by atoms with van der Waals surface area (Å²) in [5.41, 5.74) is 0.612. The molecule has 4 heteroatoms. The maximum Gasteiger partial charge on any atom is 0.246 e. The molecular formula is C12H13NO3. The van der Waals surface area contributed by atoms with Crippen molar-refractivity contribution in [1.29, 1.82) is 0 Å². The summed E-state index contributed by atoms with van der Waals surface area (Å²) in [6.07, 6.45) is 0.115. The Morgan fingerprint density at radius 1 is 1.44 bits per heavy atom. The van der Waals surface area contributed by atoms with E-state index in [4.69, 9.17) is 0 Å². The molecule has 0 amide bonds. The molecule has 0 heterocycles. The summed E-state index contributed by atoms with van der Waals surface area (Å²) in [5, 5.41) is 10.7. The third-order valence-corrected chi connectivity index (χ3v) is 2.33. The fourth-order valence-corrected chi connectivity index (χ4v) is 1.53. The first-order valence-electron chi connectivity index (χ1n) is 4.90. The van der Waals surface area contributed by atoms with Crippen LogP contribution in [0.4, 0.5) is 0 Å². The first kappa shape index (κ1) is 12.1. The van der Waals surface area contributed by atoms with E-state index in [-0.39, 0.29) is 17.9 Å².